The largest absolute Gasteiger partial charge is 0.243 e. The Morgan fingerprint density at radius 2 is 1.82 bits per heavy atom. The lowest BCUT2D eigenvalue weighted by molar-refractivity contribution is 0.453. The molecule has 0 aliphatic heterocycles. The highest BCUT2D eigenvalue weighted by atomic mass is 32.2. The Morgan fingerprint density at radius 3 is 2.24 bits per heavy atom. The van der Waals surface area contributed by atoms with Gasteiger partial charge in [0.2, 0.25) is 10.0 Å². The first-order valence-corrected chi connectivity index (χ1v) is 7.03. The van der Waals surface area contributed by atoms with Gasteiger partial charge in [0.05, 0.1) is 4.90 Å². The van der Waals surface area contributed by atoms with E-state index in [-0.39, 0.29) is 0 Å². The highest BCUT2D eigenvalue weighted by Gasteiger charge is 2.22. The van der Waals surface area contributed by atoms with E-state index in [0.717, 1.165) is 11.1 Å². The highest BCUT2D eigenvalue weighted by molar-refractivity contribution is 7.89. The summed E-state index contributed by atoms with van der Waals surface area (Å²) in [5.41, 5.74) is 1.88. The van der Waals surface area contributed by atoms with Crippen molar-refractivity contribution in [1.82, 2.24) is 4.31 Å². The van der Waals surface area contributed by atoms with Crippen molar-refractivity contribution >= 4 is 10.0 Å². The van der Waals surface area contributed by atoms with E-state index >= 15 is 0 Å². The highest BCUT2D eigenvalue weighted by Crippen LogP contribution is 2.16. The SMILES string of the molecule is C=C(C)CN(CC)S(=O)(=O)c1ccc(C)cc1. The second-order valence-electron chi connectivity index (χ2n) is 4.20. The number of benzene rings is 1. The lowest BCUT2D eigenvalue weighted by atomic mass is 10.2. The molecular weight excluding hydrogens is 234 g/mol. The molecule has 17 heavy (non-hydrogen) atoms. The van der Waals surface area contributed by atoms with Gasteiger partial charge >= 0.3 is 0 Å². The van der Waals surface area contributed by atoms with Gasteiger partial charge in [0.25, 0.3) is 0 Å². The van der Waals surface area contributed by atoms with Crippen LogP contribution in [0.1, 0.15) is 19.4 Å². The minimum atomic E-state index is -3.39. The zero-order valence-electron chi connectivity index (χ0n) is 10.6. The van der Waals surface area contributed by atoms with Crippen LogP contribution < -0.4 is 0 Å². The van der Waals surface area contributed by atoms with Crippen molar-refractivity contribution in [1.29, 1.82) is 0 Å². The quantitative estimate of drug-likeness (QED) is 0.756. The van der Waals surface area contributed by atoms with Gasteiger partial charge in [-0.25, -0.2) is 8.42 Å². The molecule has 1 rings (SSSR count). The number of likely N-dealkylation sites (N-methyl/N-ethyl adjacent to an activating group) is 1. The van der Waals surface area contributed by atoms with Gasteiger partial charge in [0.15, 0.2) is 0 Å². The van der Waals surface area contributed by atoms with Gasteiger partial charge in [-0.15, -0.1) is 0 Å². The monoisotopic (exact) mass is 253 g/mol. The molecule has 0 amide bonds. The molecule has 0 aliphatic rings. The average Bonchev–Trinajstić information content (AvgIpc) is 2.26. The molecule has 0 N–H and O–H groups in total. The maximum Gasteiger partial charge on any atom is 0.243 e. The second kappa shape index (κ2) is 5.47. The lowest BCUT2D eigenvalue weighted by Crippen LogP contribution is -2.32. The first-order valence-electron chi connectivity index (χ1n) is 5.59. The van der Waals surface area contributed by atoms with Crippen LogP contribution in [0.15, 0.2) is 41.3 Å². The van der Waals surface area contributed by atoms with Gasteiger partial charge in [-0.2, -0.15) is 4.31 Å². The summed E-state index contributed by atoms with van der Waals surface area (Å²) >= 11 is 0. The van der Waals surface area contributed by atoms with Crippen molar-refractivity contribution in [3.05, 3.63) is 42.0 Å². The molecule has 0 saturated heterocycles. The second-order valence-corrected chi connectivity index (χ2v) is 6.14. The van der Waals surface area contributed by atoms with Gasteiger partial charge in [-0.3, -0.25) is 0 Å². The van der Waals surface area contributed by atoms with E-state index < -0.39 is 10.0 Å². The summed E-state index contributed by atoms with van der Waals surface area (Å²) in [7, 11) is -3.39. The van der Waals surface area contributed by atoms with Gasteiger partial charge < -0.3 is 0 Å². The van der Waals surface area contributed by atoms with Gasteiger partial charge in [0.1, 0.15) is 0 Å². The standard InChI is InChI=1S/C13H19NO2S/c1-5-14(10-11(2)3)17(15,16)13-8-6-12(4)7-9-13/h6-9H,2,5,10H2,1,3-4H3. The van der Waals surface area contributed by atoms with Crippen molar-refractivity contribution in [3.8, 4) is 0 Å². The molecule has 0 radical (unpaired) electrons. The van der Waals surface area contributed by atoms with Crippen LogP contribution >= 0.6 is 0 Å². The summed E-state index contributed by atoms with van der Waals surface area (Å²) in [6.07, 6.45) is 0. The fourth-order valence-corrected chi connectivity index (χ4v) is 3.04. The van der Waals surface area contributed by atoms with E-state index in [1.54, 1.807) is 12.1 Å². The Balaban J connectivity index is 3.08. The molecule has 1 aromatic rings. The van der Waals surface area contributed by atoms with Gasteiger partial charge in [-0.1, -0.05) is 36.8 Å². The van der Waals surface area contributed by atoms with Crippen LogP contribution in [0.5, 0.6) is 0 Å². The van der Waals surface area contributed by atoms with Crippen LogP contribution in [0.4, 0.5) is 0 Å². The summed E-state index contributed by atoms with van der Waals surface area (Å²) < 4.78 is 26.0. The number of aryl methyl sites for hydroxylation is 1. The van der Waals surface area contributed by atoms with Gasteiger partial charge in [-0.05, 0) is 26.0 Å². The topological polar surface area (TPSA) is 37.4 Å². The Labute approximate surface area is 104 Å². The molecular formula is C13H19NO2S. The van der Waals surface area contributed by atoms with Crippen LogP contribution in [0, 0.1) is 6.92 Å². The summed E-state index contributed by atoms with van der Waals surface area (Å²) in [4.78, 5) is 0.339. The van der Waals surface area contributed by atoms with Crippen LogP contribution in [-0.4, -0.2) is 25.8 Å². The van der Waals surface area contributed by atoms with E-state index in [1.807, 2.05) is 32.9 Å². The molecule has 0 aliphatic carbocycles. The van der Waals surface area contributed by atoms with E-state index in [0.29, 0.717) is 18.0 Å². The van der Waals surface area contributed by atoms with Crippen LogP contribution in [0.2, 0.25) is 0 Å². The molecule has 94 valence electrons. The molecule has 3 nitrogen and oxygen atoms in total. The molecule has 0 saturated carbocycles. The predicted octanol–water partition coefficient (Wildman–Crippen LogP) is 2.58. The van der Waals surface area contributed by atoms with E-state index in [9.17, 15) is 8.42 Å². The molecule has 1 aromatic carbocycles. The van der Waals surface area contributed by atoms with Crippen molar-refractivity contribution in [2.24, 2.45) is 0 Å². The van der Waals surface area contributed by atoms with Crippen molar-refractivity contribution in [2.45, 2.75) is 25.7 Å². The summed E-state index contributed by atoms with van der Waals surface area (Å²) in [6.45, 7) is 10.2. The number of hydrogen-bond donors (Lipinski definition) is 0. The molecule has 0 atom stereocenters. The van der Waals surface area contributed by atoms with Crippen LogP contribution in [0.3, 0.4) is 0 Å². The zero-order chi connectivity index (χ0) is 13.1. The molecule has 4 heteroatoms. The summed E-state index contributed by atoms with van der Waals surface area (Å²) in [5, 5.41) is 0. The van der Waals surface area contributed by atoms with Crippen molar-refractivity contribution in [2.75, 3.05) is 13.1 Å². The Kier molecular flexibility index (Phi) is 4.48. The summed E-state index contributed by atoms with van der Waals surface area (Å²) in [6, 6.07) is 6.90. The number of hydrogen-bond acceptors (Lipinski definition) is 2. The van der Waals surface area contributed by atoms with Gasteiger partial charge in [0, 0.05) is 13.1 Å². The summed E-state index contributed by atoms with van der Waals surface area (Å²) in [5.74, 6) is 0. The maximum absolute atomic E-state index is 12.3. The normalized spacial score (nSPS) is 11.8. The first-order chi connectivity index (χ1) is 7.87. The number of rotatable bonds is 5. The third-order valence-electron chi connectivity index (χ3n) is 2.46. The van der Waals surface area contributed by atoms with Crippen LogP contribution in [-0.2, 0) is 10.0 Å². The van der Waals surface area contributed by atoms with E-state index in [2.05, 4.69) is 6.58 Å². The number of nitrogens with zero attached hydrogens (tertiary/aromatic N) is 1. The fourth-order valence-electron chi connectivity index (χ4n) is 1.53. The van der Waals surface area contributed by atoms with Crippen LogP contribution in [0.25, 0.3) is 0 Å². The molecule has 0 bridgehead atoms. The third kappa shape index (κ3) is 3.41. The van der Waals surface area contributed by atoms with E-state index in [4.69, 9.17) is 0 Å². The van der Waals surface area contributed by atoms with Crippen molar-refractivity contribution < 1.29 is 8.42 Å². The Hall–Kier alpha value is -1.13. The molecule has 0 aromatic heterocycles. The fraction of sp³-hybridized carbons (Fsp3) is 0.385. The maximum atomic E-state index is 12.3. The third-order valence-corrected chi connectivity index (χ3v) is 4.39. The first kappa shape index (κ1) is 13.9. The smallest absolute Gasteiger partial charge is 0.207 e. The lowest BCUT2D eigenvalue weighted by Gasteiger charge is -2.20. The minimum absolute atomic E-state index is 0.339. The molecule has 0 unspecified atom stereocenters. The number of sulfonamides is 1. The predicted molar refractivity (Wildman–Crippen MR) is 70.4 cm³/mol. The Morgan fingerprint density at radius 1 is 1.29 bits per heavy atom. The molecule has 0 spiro atoms. The average molecular weight is 253 g/mol. The molecule has 0 fully saturated rings. The molecule has 0 heterocycles. The Bertz CT molecular complexity index is 489. The van der Waals surface area contributed by atoms with Crippen molar-refractivity contribution in [3.63, 3.8) is 0 Å². The minimum Gasteiger partial charge on any atom is -0.207 e. The van der Waals surface area contributed by atoms with E-state index in [1.165, 1.54) is 4.31 Å². The zero-order valence-corrected chi connectivity index (χ0v) is 11.4.